The van der Waals surface area contributed by atoms with Crippen LogP contribution in [0.1, 0.15) is 18.4 Å². The van der Waals surface area contributed by atoms with Gasteiger partial charge in [0.1, 0.15) is 0 Å². The van der Waals surface area contributed by atoms with Crippen LogP contribution in [0.2, 0.25) is 0 Å². The predicted octanol–water partition coefficient (Wildman–Crippen LogP) is 2.06. The van der Waals surface area contributed by atoms with Crippen molar-refractivity contribution in [1.82, 2.24) is 10.6 Å². The van der Waals surface area contributed by atoms with E-state index in [1.807, 2.05) is 24.3 Å². The minimum atomic E-state index is 0.0608. The fraction of sp³-hybridized carbons (Fsp3) is 0.462. The highest BCUT2D eigenvalue weighted by Crippen LogP contribution is 2.27. The molecule has 0 saturated heterocycles. The lowest BCUT2D eigenvalue weighted by atomic mass is 10.2. The van der Waals surface area contributed by atoms with Gasteiger partial charge in [-0.05, 0) is 43.0 Å². The zero-order valence-corrected chi connectivity index (χ0v) is 11.3. The summed E-state index contributed by atoms with van der Waals surface area (Å²) in [5, 5.41) is 6.07. The molecule has 1 amide bonds. The normalized spacial score (nSPS) is 14.6. The van der Waals surface area contributed by atoms with E-state index in [0.29, 0.717) is 13.1 Å². The number of carbonyl (C=O) groups excluding carboxylic acids is 1. The zero-order valence-electron chi connectivity index (χ0n) is 9.71. The second-order valence-corrected chi connectivity index (χ2v) is 5.40. The third-order valence-corrected chi connectivity index (χ3v) is 3.29. The topological polar surface area (TPSA) is 41.1 Å². The number of hydrogen-bond donors (Lipinski definition) is 2. The molecule has 1 aliphatic rings. The first-order chi connectivity index (χ1) is 8.24. The van der Waals surface area contributed by atoms with Crippen molar-refractivity contribution in [1.29, 1.82) is 0 Å². The van der Waals surface area contributed by atoms with Crippen LogP contribution in [0.4, 0.5) is 0 Å². The Balaban J connectivity index is 1.64. The average Bonchev–Trinajstić information content (AvgIpc) is 3.11. The molecule has 1 fully saturated rings. The van der Waals surface area contributed by atoms with Crippen molar-refractivity contribution in [2.24, 2.45) is 5.92 Å². The van der Waals surface area contributed by atoms with Crippen molar-refractivity contribution in [3.8, 4) is 0 Å². The number of amides is 1. The van der Waals surface area contributed by atoms with Gasteiger partial charge in [0.15, 0.2) is 0 Å². The SMILES string of the molecule is O=C(CNCC1CC1)NCc1cccc(Br)c1. The largest absolute Gasteiger partial charge is 0.351 e. The third-order valence-electron chi connectivity index (χ3n) is 2.79. The van der Waals surface area contributed by atoms with Crippen LogP contribution in [0.15, 0.2) is 28.7 Å². The maximum Gasteiger partial charge on any atom is 0.234 e. The summed E-state index contributed by atoms with van der Waals surface area (Å²) >= 11 is 3.41. The van der Waals surface area contributed by atoms with E-state index in [0.717, 1.165) is 22.5 Å². The molecule has 1 aromatic carbocycles. The van der Waals surface area contributed by atoms with E-state index in [-0.39, 0.29) is 5.91 Å². The first-order valence-corrected chi connectivity index (χ1v) is 6.75. The van der Waals surface area contributed by atoms with Crippen molar-refractivity contribution in [3.05, 3.63) is 34.3 Å². The van der Waals surface area contributed by atoms with E-state index in [1.165, 1.54) is 12.8 Å². The van der Waals surface area contributed by atoms with Gasteiger partial charge in [0.2, 0.25) is 5.91 Å². The van der Waals surface area contributed by atoms with Crippen LogP contribution in [-0.2, 0) is 11.3 Å². The molecule has 2 rings (SSSR count). The number of benzene rings is 1. The summed E-state index contributed by atoms with van der Waals surface area (Å²) in [6.45, 7) is 1.98. The van der Waals surface area contributed by atoms with Crippen LogP contribution in [0, 0.1) is 5.92 Å². The smallest absolute Gasteiger partial charge is 0.234 e. The first kappa shape index (κ1) is 12.6. The minimum absolute atomic E-state index is 0.0608. The highest BCUT2D eigenvalue weighted by atomic mass is 79.9. The van der Waals surface area contributed by atoms with E-state index in [9.17, 15) is 4.79 Å². The number of halogens is 1. The molecular formula is C13H17BrN2O. The molecule has 0 spiro atoms. The second-order valence-electron chi connectivity index (χ2n) is 4.48. The van der Waals surface area contributed by atoms with Gasteiger partial charge in [-0.15, -0.1) is 0 Å². The maximum atomic E-state index is 11.5. The Kier molecular flexibility index (Phi) is 4.57. The summed E-state index contributed by atoms with van der Waals surface area (Å²) in [6.07, 6.45) is 2.62. The van der Waals surface area contributed by atoms with Gasteiger partial charge in [0.05, 0.1) is 6.54 Å². The molecule has 1 aliphatic carbocycles. The highest BCUT2D eigenvalue weighted by Gasteiger charge is 2.20. The maximum absolute atomic E-state index is 11.5. The van der Waals surface area contributed by atoms with Crippen LogP contribution in [0.3, 0.4) is 0 Å². The van der Waals surface area contributed by atoms with Crippen molar-refractivity contribution >= 4 is 21.8 Å². The van der Waals surface area contributed by atoms with Gasteiger partial charge in [0, 0.05) is 11.0 Å². The summed E-state index contributed by atoms with van der Waals surface area (Å²) in [4.78, 5) is 11.5. The molecule has 0 aliphatic heterocycles. The van der Waals surface area contributed by atoms with E-state index < -0.39 is 0 Å². The standard InChI is InChI=1S/C13H17BrN2O/c14-12-3-1-2-11(6-12)8-16-13(17)9-15-7-10-4-5-10/h1-3,6,10,15H,4-5,7-9H2,(H,16,17). The van der Waals surface area contributed by atoms with E-state index in [4.69, 9.17) is 0 Å². The molecule has 0 aromatic heterocycles. The van der Waals surface area contributed by atoms with Crippen LogP contribution < -0.4 is 10.6 Å². The fourth-order valence-corrected chi connectivity index (χ4v) is 2.07. The number of nitrogens with one attached hydrogen (secondary N) is 2. The minimum Gasteiger partial charge on any atom is -0.351 e. The molecule has 92 valence electrons. The fourth-order valence-electron chi connectivity index (χ4n) is 1.62. The number of carbonyl (C=O) groups is 1. The Morgan fingerprint density at radius 2 is 2.24 bits per heavy atom. The van der Waals surface area contributed by atoms with Gasteiger partial charge >= 0.3 is 0 Å². The monoisotopic (exact) mass is 296 g/mol. The molecule has 3 nitrogen and oxygen atoms in total. The second kappa shape index (κ2) is 6.17. The number of rotatable bonds is 6. The molecule has 0 bridgehead atoms. The Hall–Kier alpha value is -0.870. The number of hydrogen-bond acceptors (Lipinski definition) is 2. The Labute approximate surface area is 110 Å². The zero-order chi connectivity index (χ0) is 12.1. The van der Waals surface area contributed by atoms with Crippen molar-refractivity contribution in [2.45, 2.75) is 19.4 Å². The van der Waals surface area contributed by atoms with Crippen molar-refractivity contribution in [2.75, 3.05) is 13.1 Å². The molecule has 1 aromatic rings. The first-order valence-electron chi connectivity index (χ1n) is 5.96. The molecule has 0 atom stereocenters. The van der Waals surface area contributed by atoms with Crippen molar-refractivity contribution in [3.63, 3.8) is 0 Å². The lowest BCUT2D eigenvalue weighted by Gasteiger charge is -2.06. The van der Waals surface area contributed by atoms with Gasteiger partial charge < -0.3 is 10.6 Å². The highest BCUT2D eigenvalue weighted by molar-refractivity contribution is 9.10. The van der Waals surface area contributed by atoms with Crippen molar-refractivity contribution < 1.29 is 4.79 Å². The van der Waals surface area contributed by atoms with Gasteiger partial charge in [0.25, 0.3) is 0 Å². The van der Waals surface area contributed by atoms with E-state index in [2.05, 4.69) is 26.6 Å². The summed E-state index contributed by atoms with van der Waals surface area (Å²) in [6, 6.07) is 7.96. The quantitative estimate of drug-likeness (QED) is 0.844. The Morgan fingerprint density at radius 1 is 1.41 bits per heavy atom. The Morgan fingerprint density at radius 3 is 2.94 bits per heavy atom. The molecule has 2 N–H and O–H groups in total. The summed E-state index contributed by atoms with van der Waals surface area (Å²) in [7, 11) is 0. The van der Waals surface area contributed by atoms with Gasteiger partial charge in [-0.1, -0.05) is 28.1 Å². The summed E-state index contributed by atoms with van der Waals surface area (Å²) in [5.74, 6) is 0.874. The third kappa shape index (κ3) is 4.88. The molecule has 4 heteroatoms. The van der Waals surface area contributed by atoms with Gasteiger partial charge in [-0.2, -0.15) is 0 Å². The lowest BCUT2D eigenvalue weighted by molar-refractivity contribution is -0.120. The van der Waals surface area contributed by atoms with Gasteiger partial charge in [-0.25, -0.2) is 0 Å². The molecular weight excluding hydrogens is 280 g/mol. The van der Waals surface area contributed by atoms with Crippen LogP contribution >= 0.6 is 15.9 Å². The Bertz CT molecular complexity index is 391. The summed E-state index contributed by atoms with van der Waals surface area (Å²) < 4.78 is 1.04. The van der Waals surface area contributed by atoms with Gasteiger partial charge in [-0.3, -0.25) is 4.79 Å². The van der Waals surface area contributed by atoms with Crippen LogP contribution in [0.5, 0.6) is 0 Å². The van der Waals surface area contributed by atoms with E-state index >= 15 is 0 Å². The van der Waals surface area contributed by atoms with Crippen LogP contribution in [0.25, 0.3) is 0 Å². The molecule has 1 saturated carbocycles. The summed E-state index contributed by atoms with van der Waals surface area (Å²) in [5.41, 5.74) is 1.11. The molecule has 17 heavy (non-hydrogen) atoms. The van der Waals surface area contributed by atoms with Crippen LogP contribution in [-0.4, -0.2) is 19.0 Å². The predicted molar refractivity (Wildman–Crippen MR) is 71.6 cm³/mol. The average molecular weight is 297 g/mol. The molecule has 0 unspecified atom stereocenters. The molecule has 0 heterocycles. The molecule has 0 radical (unpaired) electrons. The lowest BCUT2D eigenvalue weighted by Crippen LogP contribution is -2.34. The van der Waals surface area contributed by atoms with E-state index in [1.54, 1.807) is 0 Å².